The van der Waals surface area contributed by atoms with Gasteiger partial charge in [-0.1, -0.05) is 409 Å². The van der Waals surface area contributed by atoms with Crippen LogP contribution in [0.2, 0.25) is 0 Å². The molecule has 0 aliphatic rings. The fourth-order valence-electron chi connectivity index (χ4n) is 13.2. The lowest BCUT2D eigenvalue weighted by Gasteiger charge is -2.20. The standard InChI is InChI=1S/C86H163NO5/c1-3-5-7-9-11-13-15-17-19-21-23-24-25-33-36-39-43-46-50-54-58-62-66-70-74-78-84(89)83(82-88)87-85(90)79-75-71-67-63-59-55-51-47-44-40-37-34-31-29-27-26-28-30-32-35-38-41-45-49-53-57-61-65-69-73-77-81-92-86(91)80-76-72-68-64-60-56-52-48-42-22-20-18-16-14-12-10-8-6-4-2/h18,20,28,30,35,38,74,78,83-84,88-89H,3-17,19,21-27,29,31-34,36-37,39-73,75-77,79-82H2,1-2H3,(H,87,90)/b20-18-,30-28-,38-35-,78-74+. The first-order chi connectivity index (χ1) is 45.5. The van der Waals surface area contributed by atoms with Crippen LogP contribution in [0.4, 0.5) is 0 Å². The topological polar surface area (TPSA) is 95.9 Å². The summed E-state index contributed by atoms with van der Waals surface area (Å²) in [5.41, 5.74) is 0. The van der Waals surface area contributed by atoms with Gasteiger partial charge in [-0.3, -0.25) is 9.59 Å². The molecule has 1 amide bonds. The minimum atomic E-state index is -0.847. The Morgan fingerprint density at radius 3 is 0.837 bits per heavy atom. The number of hydrogen-bond acceptors (Lipinski definition) is 5. The fraction of sp³-hybridized carbons (Fsp3) is 0.884. The third-order valence-corrected chi connectivity index (χ3v) is 19.6. The zero-order valence-corrected chi connectivity index (χ0v) is 62.3. The Bertz CT molecular complexity index is 1540. The Morgan fingerprint density at radius 2 is 0.543 bits per heavy atom. The molecule has 0 spiro atoms. The zero-order valence-electron chi connectivity index (χ0n) is 62.3. The predicted octanol–water partition coefficient (Wildman–Crippen LogP) is 27.9. The second kappa shape index (κ2) is 81.2. The van der Waals surface area contributed by atoms with E-state index in [1.807, 2.05) is 6.08 Å². The van der Waals surface area contributed by atoms with Crippen LogP contribution in [0, 0.1) is 0 Å². The average molecular weight is 1290 g/mol. The van der Waals surface area contributed by atoms with E-state index in [2.05, 4.69) is 55.6 Å². The number of carbonyl (C=O) groups excluding carboxylic acids is 2. The summed E-state index contributed by atoms with van der Waals surface area (Å²) in [5.74, 6) is -0.0492. The molecule has 92 heavy (non-hydrogen) atoms. The molecule has 542 valence electrons. The molecule has 0 aromatic rings. The highest BCUT2D eigenvalue weighted by atomic mass is 16.5. The second-order valence-corrected chi connectivity index (χ2v) is 28.8. The molecule has 0 aromatic carbocycles. The number of hydrogen-bond donors (Lipinski definition) is 3. The summed E-state index contributed by atoms with van der Waals surface area (Å²) in [4.78, 5) is 24.7. The molecular weight excluding hydrogens is 1130 g/mol. The summed E-state index contributed by atoms with van der Waals surface area (Å²) in [6.45, 7) is 4.95. The number of nitrogens with one attached hydrogen (secondary N) is 1. The molecule has 3 N–H and O–H groups in total. The number of amides is 1. The van der Waals surface area contributed by atoms with Crippen molar-refractivity contribution in [2.75, 3.05) is 13.2 Å². The van der Waals surface area contributed by atoms with Gasteiger partial charge in [-0.15, -0.1) is 0 Å². The molecule has 0 aliphatic carbocycles. The largest absolute Gasteiger partial charge is 0.466 e. The van der Waals surface area contributed by atoms with Gasteiger partial charge in [0.25, 0.3) is 0 Å². The molecule has 0 saturated carbocycles. The van der Waals surface area contributed by atoms with Crippen molar-refractivity contribution in [2.24, 2.45) is 0 Å². The smallest absolute Gasteiger partial charge is 0.305 e. The minimum Gasteiger partial charge on any atom is -0.466 e. The monoisotopic (exact) mass is 1290 g/mol. The van der Waals surface area contributed by atoms with Crippen molar-refractivity contribution in [3.05, 3.63) is 48.6 Å². The predicted molar refractivity (Wildman–Crippen MR) is 407 cm³/mol. The van der Waals surface area contributed by atoms with Gasteiger partial charge in [-0.25, -0.2) is 0 Å². The van der Waals surface area contributed by atoms with Crippen LogP contribution >= 0.6 is 0 Å². The number of rotatable bonds is 79. The first kappa shape index (κ1) is 89.8. The Balaban J connectivity index is 3.41. The number of allylic oxidation sites excluding steroid dienone is 7. The van der Waals surface area contributed by atoms with E-state index < -0.39 is 12.1 Å². The Kier molecular flexibility index (Phi) is 79.3. The molecule has 0 aliphatic heterocycles. The highest BCUT2D eigenvalue weighted by molar-refractivity contribution is 5.76. The molecule has 2 unspecified atom stereocenters. The fourth-order valence-corrected chi connectivity index (χ4v) is 13.2. The Labute approximate surface area is 576 Å². The van der Waals surface area contributed by atoms with Crippen LogP contribution in [0.3, 0.4) is 0 Å². The van der Waals surface area contributed by atoms with Gasteiger partial charge in [0.15, 0.2) is 0 Å². The molecule has 6 nitrogen and oxygen atoms in total. The highest BCUT2D eigenvalue weighted by Crippen LogP contribution is 2.20. The van der Waals surface area contributed by atoms with E-state index in [4.69, 9.17) is 4.74 Å². The van der Waals surface area contributed by atoms with E-state index in [9.17, 15) is 19.8 Å². The van der Waals surface area contributed by atoms with Crippen LogP contribution in [-0.2, 0) is 14.3 Å². The van der Waals surface area contributed by atoms with Crippen LogP contribution in [0.15, 0.2) is 48.6 Å². The minimum absolute atomic E-state index is 0.0132. The van der Waals surface area contributed by atoms with Crippen molar-refractivity contribution in [3.8, 4) is 0 Å². The number of ether oxygens (including phenoxy) is 1. The van der Waals surface area contributed by atoms with Crippen molar-refractivity contribution in [2.45, 2.75) is 475 Å². The number of esters is 1. The quantitative estimate of drug-likeness (QED) is 0.0320. The molecule has 0 aromatic heterocycles. The summed E-state index contributed by atoms with van der Waals surface area (Å²) in [5, 5.41) is 23.3. The highest BCUT2D eigenvalue weighted by Gasteiger charge is 2.18. The van der Waals surface area contributed by atoms with Crippen molar-refractivity contribution in [1.82, 2.24) is 5.32 Å². The van der Waals surface area contributed by atoms with Crippen molar-refractivity contribution < 1.29 is 24.5 Å². The van der Waals surface area contributed by atoms with Crippen LogP contribution in [0.5, 0.6) is 0 Å². The number of aliphatic hydroxyl groups excluding tert-OH is 2. The normalized spacial score (nSPS) is 12.7. The zero-order chi connectivity index (χ0) is 66.3. The third-order valence-electron chi connectivity index (χ3n) is 19.6. The lowest BCUT2D eigenvalue weighted by atomic mass is 10.0. The average Bonchev–Trinajstić information content (AvgIpc) is 3.60. The van der Waals surface area contributed by atoms with Crippen molar-refractivity contribution in [3.63, 3.8) is 0 Å². The Hall–Kier alpha value is -2.18. The van der Waals surface area contributed by atoms with Gasteiger partial charge in [-0.2, -0.15) is 0 Å². The van der Waals surface area contributed by atoms with E-state index in [0.29, 0.717) is 19.4 Å². The number of aliphatic hydroxyl groups is 2. The SMILES string of the molecule is CCCCCCCC/C=C\CCCCCCCCCCCC(=O)OCCCCCCCCCCC/C=C\C/C=C\CCCCCCCCCCCCCCCCCC(=O)NC(CO)C(O)/C=C/CCCCCCCCCCCCCCCCCCCCCCCCC. The van der Waals surface area contributed by atoms with Crippen LogP contribution in [-0.4, -0.2) is 47.4 Å². The van der Waals surface area contributed by atoms with Gasteiger partial charge in [0, 0.05) is 12.8 Å². The van der Waals surface area contributed by atoms with Crippen LogP contribution < -0.4 is 5.32 Å². The summed E-state index contributed by atoms with van der Waals surface area (Å²) in [7, 11) is 0. The Morgan fingerprint density at radius 1 is 0.304 bits per heavy atom. The molecule has 0 radical (unpaired) electrons. The number of carbonyl (C=O) groups is 2. The molecular formula is C86H163NO5. The maximum atomic E-state index is 12.6. The van der Waals surface area contributed by atoms with E-state index in [1.165, 1.54) is 385 Å². The lowest BCUT2D eigenvalue weighted by Crippen LogP contribution is -2.45. The molecule has 0 rings (SSSR count). The van der Waals surface area contributed by atoms with E-state index in [1.54, 1.807) is 6.08 Å². The molecule has 2 atom stereocenters. The van der Waals surface area contributed by atoms with Gasteiger partial charge in [0.2, 0.25) is 5.91 Å². The van der Waals surface area contributed by atoms with E-state index >= 15 is 0 Å². The van der Waals surface area contributed by atoms with Crippen LogP contribution in [0.25, 0.3) is 0 Å². The molecule has 0 heterocycles. The van der Waals surface area contributed by atoms with Gasteiger partial charge < -0.3 is 20.3 Å². The summed E-state index contributed by atoms with van der Waals surface area (Å²) < 4.78 is 5.51. The van der Waals surface area contributed by atoms with Crippen molar-refractivity contribution >= 4 is 11.9 Å². The first-order valence-corrected chi connectivity index (χ1v) is 41.9. The maximum absolute atomic E-state index is 12.6. The summed E-state index contributed by atoms with van der Waals surface area (Å²) in [6, 6.07) is -0.630. The third kappa shape index (κ3) is 76.8. The van der Waals surface area contributed by atoms with Gasteiger partial charge in [0.05, 0.1) is 25.4 Å². The van der Waals surface area contributed by atoms with Crippen LogP contribution in [0.1, 0.15) is 463 Å². The van der Waals surface area contributed by atoms with Crippen molar-refractivity contribution in [1.29, 1.82) is 0 Å². The van der Waals surface area contributed by atoms with E-state index in [0.717, 1.165) is 51.4 Å². The number of unbranched alkanes of at least 4 members (excludes halogenated alkanes) is 62. The maximum Gasteiger partial charge on any atom is 0.305 e. The van der Waals surface area contributed by atoms with Gasteiger partial charge in [-0.05, 0) is 89.9 Å². The molecule has 0 saturated heterocycles. The summed E-state index contributed by atoms with van der Waals surface area (Å²) >= 11 is 0. The summed E-state index contributed by atoms with van der Waals surface area (Å²) in [6.07, 6.45) is 108. The lowest BCUT2D eigenvalue weighted by molar-refractivity contribution is -0.143. The second-order valence-electron chi connectivity index (χ2n) is 28.8. The van der Waals surface area contributed by atoms with Gasteiger partial charge >= 0.3 is 5.97 Å². The first-order valence-electron chi connectivity index (χ1n) is 41.9. The molecule has 6 heteroatoms. The van der Waals surface area contributed by atoms with E-state index in [-0.39, 0.29) is 18.5 Å². The molecule has 0 bridgehead atoms. The molecule has 0 fully saturated rings. The van der Waals surface area contributed by atoms with Gasteiger partial charge in [0.1, 0.15) is 0 Å².